The van der Waals surface area contributed by atoms with E-state index in [-0.39, 0.29) is 5.91 Å². The van der Waals surface area contributed by atoms with E-state index in [1.54, 1.807) is 0 Å². The minimum absolute atomic E-state index is 0.0375. The number of carbonyl (C=O) groups excluding carboxylic acids is 1. The van der Waals surface area contributed by atoms with Crippen LogP contribution in [0.15, 0.2) is 40.9 Å². The lowest BCUT2D eigenvalue weighted by Gasteiger charge is -2.33. The van der Waals surface area contributed by atoms with Crippen molar-refractivity contribution in [2.75, 3.05) is 38.0 Å². The van der Waals surface area contributed by atoms with Gasteiger partial charge in [0.1, 0.15) is 0 Å². The van der Waals surface area contributed by atoms with Crippen molar-refractivity contribution in [1.29, 1.82) is 0 Å². The zero-order valence-electron chi connectivity index (χ0n) is 13.4. The maximum Gasteiger partial charge on any atom is 0.238 e. The lowest BCUT2D eigenvalue weighted by molar-refractivity contribution is -0.117. The number of anilines is 1. The molecule has 0 saturated carbocycles. The van der Waals surface area contributed by atoms with E-state index in [9.17, 15) is 4.79 Å². The maximum atomic E-state index is 12.1. The van der Waals surface area contributed by atoms with Crippen LogP contribution in [0.4, 0.5) is 5.69 Å². The van der Waals surface area contributed by atoms with Crippen LogP contribution in [0.1, 0.15) is 11.5 Å². The lowest BCUT2D eigenvalue weighted by atomic mass is 10.2. The van der Waals surface area contributed by atoms with Gasteiger partial charge in [0.15, 0.2) is 5.76 Å². The SMILES string of the molecule is Cc1cc(CN2CCN(CC(=O)Nc3ccccc3)CC2)on1. The van der Waals surface area contributed by atoms with Gasteiger partial charge >= 0.3 is 0 Å². The summed E-state index contributed by atoms with van der Waals surface area (Å²) < 4.78 is 5.26. The number of nitrogens with one attached hydrogen (secondary N) is 1. The van der Waals surface area contributed by atoms with Crippen molar-refractivity contribution < 1.29 is 9.32 Å². The maximum absolute atomic E-state index is 12.1. The Balaban J connectivity index is 1.41. The number of benzene rings is 1. The Labute approximate surface area is 136 Å². The van der Waals surface area contributed by atoms with Crippen LogP contribution in [0.2, 0.25) is 0 Å². The number of amides is 1. The highest BCUT2D eigenvalue weighted by molar-refractivity contribution is 5.92. The summed E-state index contributed by atoms with van der Waals surface area (Å²) in [5, 5.41) is 6.84. The molecule has 1 aliphatic heterocycles. The van der Waals surface area contributed by atoms with Gasteiger partial charge in [-0.25, -0.2) is 0 Å². The molecule has 1 aromatic carbocycles. The van der Waals surface area contributed by atoms with Crippen molar-refractivity contribution >= 4 is 11.6 Å². The van der Waals surface area contributed by atoms with Gasteiger partial charge < -0.3 is 9.84 Å². The first kappa shape index (κ1) is 15.7. The normalized spacial score (nSPS) is 16.4. The first-order valence-corrected chi connectivity index (χ1v) is 7.91. The highest BCUT2D eigenvalue weighted by atomic mass is 16.5. The Morgan fingerprint density at radius 2 is 1.87 bits per heavy atom. The molecule has 1 aliphatic rings. The molecule has 2 heterocycles. The third-order valence-electron chi connectivity index (χ3n) is 3.95. The van der Waals surface area contributed by atoms with E-state index in [1.807, 2.05) is 43.3 Å². The van der Waals surface area contributed by atoms with E-state index in [1.165, 1.54) is 0 Å². The summed E-state index contributed by atoms with van der Waals surface area (Å²) in [5.41, 5.74) is 1.76. The zero-order chi connectivity index (χ0) is 16.1. The fourth-order valence-electron chi connectivity index (χ4n) is 2.74. The molecule has 0 radical (unpaired) electrons. The van der Waals surface area contributed by atoms with Crippen molar-refractivity contribution in [3.8, 4) is 0 Å². The number of piperazine rings is 1. The van der Waals surface area contributed by atoms with E-state index in [4.69, 9.17) is 4.52 Å². The molecular formula is C17H22N4O2. The number of hydrogen-bond acceptors (Lipinski definition) is 5. The summed E-state index contributed by atoms with van der Waals surface area (Å²) in [6, 6.07) is 11.5. The highest BCUT2D eigenvalue weighted by Gasteiger charge is 2.20. The lowest BCUT2D eigenvalue weighted by Crippen LogP contribution is -2.48. The predicted molar refractivity (Wildman–Crippen MR) is 88.0 cm³/mol. The fraction of sp³-hybridized carbons (Fsp3) is 0.412. The molecule has 3 rings (SSSR count). The van der Waals surface area contributed by atoms with Gasteiger partial charge in [0.2, 0.25) is 5.91 Å². The molecule has 1 saturated heterocycles. The summed E-state index contributed by atoms with van der Waals surface area (Å²) in [5.74, 6) is 0.938. The van der Waals surface area contributed by atoms with E-state index in [0.717, 1.165) is 49.9 Å². The smallest absolute Gasteiger partial charge is 0.238 e. The quantitative estimate of drug-likeness (QED) is 0.911. The average Bonchev–Trinajstić information content (AvgIpc) is 2.95. The van der Waals surface area contributed by atoms with Crippen LogP contribution < -0.4 is 5.32 Å². The molecule has 122 valence electrons. The Kier molecular flexibility index (Phi) is 5.05. The van der Waals surface area contributed by atoms with Crippen LogP contribution in [-0.4, -0.2) is 53.6 Å². The molecule has 1 fully saturated rings. The van der Waals surface area contributed by atoms with E-state index < -0.39 is 0 Å². The van der Waals surface area contributed by atoms with Gasteiger partial charge in [-0.05, 0) is 19.1 Å². The molecular weight excluding hydrogens is 292 g/mol. The topological polar surface area (TPSA) is 61.6 Å². The van der Waals surface area contributed by atoms with E-state index >= 15 is 0 Å². The molecule has 6 nitrogen and oxygen atoms in total. The number of aryl methyl sites for hydroxylation is 1. The molecule has 1 N–H and O–H groups in total. The van der Waals surface area contributed by atoms with Gasteiger partial charge in [-0.1, -0.05) is 23.4 Å². The monoisotopic (exact) mass is 314 g/mol. The predicted octanol–water partition coefficient (Wildman–Crippen LogP) is 1.74. The summed E-state index contributed by atoms with van der Waals surface area (Å²) in [4.78, 5) is 16.6. The number of para-hydroxylation sites is 1. The Hall–Kier alpha value is -2.18. The van der Waals surface area contributed by atoms with E-state index in [2.05, 4.69) is 20.3 Å². The average molecular weight is 314 g/mol. The number of nitrogens with zero attached hydrogens (tertiary/aromatic N) is 3. The third kappa shape index (κ3) is 4.64. The number of aromatic nitrogens is 1. The van der Waals surface area contributed by atoms with E-state index in [0.29, 0.717) is 6.54 Å². The standard InChI is InChI=1S/C17H22N4O2/c1-14-11-16(23-19-14)12-20-7-9-21(10-8-20)13-17(22)18-15-5-3-2-4-6-15/h2-6,11H,7-10,12-13H2,1H3,(H,18,22). The van der Waals surface area contributed by atoms with Gasteiger partial charge in [0.25, 0.3) is 0 Å². The van der Waals surface area contributed by atoms with Gasteiger partial charge in [0, 0.05) is 37.9 Å². The largest absolute Gasteiger partial charge is 0.360 e. The van der Waals surface area contributed by atoms with Crippen molar-refractivity contribution in [2.45, 2.75) is 13.5 Å². The second-order valence-corrected chi connectivity index (χ2v) is 5.90. The molecule has 0 aliphatic carbocycles. The Morgan fingerprint density at radius 1 is 1.17 bits per heavy atom. The first-order chi connectivity index (χ1) is 11.2. The zero-order valence-corrected chi connectivity index (χ0v) is 13.4. The van der Waals surface area contributed by atoms with Crippen LogP contribution in [0.5, 0.6) is 0 Å². The van der Waals surface area contributed by atoms with Gasteiger partial charge in [-0.2, -0.15) is 0 Å². The number of carbonyl (C=O) groups is 1. The molecule has 6 heteroatoms. The summed E-state index contributed by atoms with van der Waals surface area (Å²) in [6.45, 7) is 6.77. The van der Waals surface area contributed by atoms with Crippen LogP contribution in [0.3, 0.4) is 0 Å². The molecule has 0 spiro atoms. The molecule has 1 amide bonds. The summed E-state index contributed by atoms with van der Waals surface area (Å²) in [6.07, 6.45) is 0. The van der Waals surface area contributed by atoms with Crippen LogP contribution in [0.25, 0.3) is 0 Å². The van der Waals surface area contributed by atoms with Crippen LogP contribution >= 0.6 is 0 Å². The van der Waals surface area contributed by atoms with Crippen LogP contribution in [0, 0.1) is 6.92 Å². The first-order valence-electron chi connectivity index (χ1n) is 7.91. The van der Waals surface area contributed by atoms with Crippen molar-refractivity contribution in [3.63, 3.8) is 0 Å². The fourth-order valence-corrected chi connectivity index (χ4v) is 2.74. The summed E-state index contributed by atoms with van der Waals surface area (Å²) in [7, 11) is 0. The number of hydrogen-bond donors (Lipinski definition) is 1. The van der Waals surface area contributed by atoms with Gasteiger partial charge in [-0.3, -0.25) is 14.6 Å². The Morgan fingerprint density at radius 3 is 2.52 bits per heavy atom. The van der Waals surface area contributed by atoms with Crippen LogP contribution in [-0.2, 0) is 11.3 Å². The summed E-state index contributed by atoms with van der Waals surface area (Å²) >= 11 is 0. The molecule has 1 aromatic heterocycles. The van der Waals surface area contributed by atoms with Crippen molar-refractivity contribution in [3.05, 3.63) is 47.9 Å². The molecule has 0 bridgehead atoms. The van der Waals surface area contributed by atoms with Gasteiger partial charge in [-0.15, -0.1) is 0 Å². The minimum atomic E-state index is 0.0375. The van der Waals surface area contributed by atoms with Crippen molar-refractivity contribution in [1.82, 2.24) is 15.0 Å². The highest BCUT2D eigenvalue weighted by Crippen LogP contribution is 2.10. The molecule has 0 unspecified atom stereocenters. The number of rotatable bonds is 5. The Bertz CT molecular complexity index is 633. The molecule has 23 heavy (non-hydrogen) atoms. The third-order valence-corrected chi connectivity index (χ3v) is 3.95. The minimum Gasteiger partial charge on any atom is -0.360 e. The van der Waals surface area contributed by atoms with Crippen molar-refractivity contribution in [2.24, 2.45) is 0 Å². The van der Waals surface area contributed by atoms with Gasteiger partial charge in [0.05, 0.1) is 18.8 Å². The second-order valence-electron chi connectivity index (χ2n) is 5.90. The molecule has 0 atom stereocenters. The molecule has 2 aromatic rings. The second kappa shape index (κ2) is 7.39.